The lowest BCUT2D eigenvalue weighted by atomic mass is 9.92. The molecule has 1 atom stereocenters. The van der Waals surface area contributed by atoms with Crippen molar-refractivity contribution in [3.63, 3.8) is 0 Å². The fourth-order valence-electron chi connectivity index (χ4n) is 2.07. The van der Waals surface area contributed by atoms with E-state index >= 15 is 0 Å². The summed E-state index contributed by atoms with van der Waals surface area (Å²) >= 11 is 3.47. The number of ether oxygens (including phenoxy) is 1. The average Bonchev–Trinajstić information content (AvgIpc) is 2.31. The molecule has 3 heteroatoms. The lowest BCUT2D eigenvalue weighted by Crippen LogP contribution is -2.28. The summed E-state index contributed by atoms with van der Waals surface area (Å²) < 4.78 is 6.33. The van der Waals surface area contributed by atoms with Crippen LogP contribution in [0.15, 0.2) is 22.7 Å². The Morgan fingerprint density at radius 3 is 3.00 bits per heavy atom. The van der Waals surface area contributed by atoms with E-state index in [0.717, 1.165) is 23.3 Å². The predicted molar refractivity (Wildman–Crippen MR) is 65.5 cm³/mol. The Kier molecular flexibility index (Phi) is 3.65. The summed E-state index contributed by atoms with van der Waals surface area (Å²) in [7, 11) is 1.71. The van der Waals surface area contributed by atoms with Crippen LogP contribution in [-0.4, -0.2) is 20.2 Å². The van der Waals surface area contributed by atoms with Crippen LogP contribution in [0.3, 0.4) is 0 Å². The average molecular weight is 270 g/mol. The van der Waals surface area contributed by atoms with Crippen molar-refractivity contribution in [3.8, 4) is 5.75 Å². The molecule has 1 fully saturated rings. The molecule has 0 aliphatic carbocycles. The zero-order valence-corrected chi connectivity index (χ0v) is 10.5. The lowest BCUT2D eigenvalue weighted by molar-refractivity contribution is 0.409. The smallest absolute Gasteiger partial charge is 0.133 e. The van der Waals surface area contributed by atoms with Crippen LogP contribution in [-0.2, 0) is 0 Å². The van der Waals surface area contributed by atoms with Gasteiger partial charge in [0.05, 0.1) is 11.6 Å². The normalized spacial score (nSPS) is 21.3. The third kappa shape index (κ3) is 2.52. The Morgan fingerprint density at radius 2 is 2.33 bits per heavy atom. The fraction of sp³-hybridized carbons (Fsp3) is 0.500. The van der Waals surface area contributed by atoms with E-state index in [1.165, 1.54) is 18.4 Å². The molecule has 0 aromatic heterocycles. The molecular weight excluding hydrogens is 254 g/mol. The van der Waals surface area contributed by atoms with Crippen molar-refractivity contribution in [1.29, 1.82) is 0 Å². The molecule has 1 heterocycles. The monoisotopic (exact) mass is 269 g/mol. The van der Waals surface area contributed by atoms with E-state index in [9.17, 15) is 0 Å². The topological polar surface area (TPSA) is 21.3 Å². The summed E-state index contributed by atoms with van der Waals surface area (Å²) in [4.78, 5) is 0. The van der Waals surface area contributed by atoms with Crippen LogP contribution in [0.4, 0.5) is 0 Å². The summed E-state index contributed by atoms with van der Waals surface area (Å²) in [6.45, 7) is 2.24. The Hall–Kier alpha value is -0.540. The Balaban J connectivity index is 2.20. The molecule has 2 nitrogen and oxygen atoms in total. The number of piperidine rings is 1. The van der Waals surface area contributed by atoms with Crippen molar-refractivity contribution in [2.75, 3.05) is 20.2 Å². The molecular formula is C12H16BrNO. The van der Waals surface area contributed by atoms with Crippen LogP contribution < -0.4 is 10.1 Å². The Bertz CT molecular complexity index is 334. The number of hydrogen-bond acceptors (Lipinski definition) is 2. The van der Waals surface area contributed by atoms with Crippen molar-refractivity contribution in [1.82, 2.24) is 5.32 Å². The largest absolute Gasteiger partial charge is 0.496 e. The first-order valence-electron chi connectivity index (χ1n) is 5.35. The van der Waals surface area contributed by atoms with Gasteiger partial charge < -0.3 is 10.1 Å². The van der Waals surface area contributed by atoms with E-state index in [1.807, 2.05) is 0 Å². The molecule has 0 saturated carbocycles. The first kappa shape index (κ1) is 11.0. The SMILES string of the molecule is COc1cc(C2CCCNC2)ccc1Br. The predicted octanol–water partition coefficient (Wildman–Crippen LogP) is 2.92. The number of rotatable bonds is 2. The Morgan fingerprint density at radius 1 is 1.47 bits per heavy atom. The van der Waals surface area contributed by atoms with Gasteiger partial charge in [0.1, 0.15) is 5.75 Å². The van der Waals surface area contributed by atoms with Crippen LogP contribution in [0.2, 0.25) is 0 Å². The molecule has 0 amide bonds. The van der Waals surface area contributed by atoms with Gasteiger partial charge >= 0.3 is 0 Å². The zero-order chi connectivity index (χ0) is 10.7. The summed E-state index contributed by atoms with van der Waals surface area (Å²) in [5.74, 6) is 1.57. The van der Waals surface area contributed by atoms with Gasteiger partial charge in [-0.1, -0.05) is 6.07 Å². The molecule has 1 aliphatic heterocycles. The maximum absolute atomic E-state index is 5.31. The highest BCUT2D eigenvalue weighted by molar-refractivity contribution is 9.10. The van der Waals surface area contributed by atoms with Crippen LogP contribution in [0.25, 0.3) is 0 Å². The van der Waals surface area contributed by atoms with E-state index in [2.05, 4.69) is 39.4 Å². The Labute approximate surface area is 99.1 Å². The quantitative estimate of drug-likeness (QED) is 0.892. The van der Waals surface area contributed by atoms with Crippen molar-refractivity contribution in [3.05, 3.63) is 28.2 Å². The van der Waals surface area contributed by atoms with Gasteiger partial charge in [0.25, 0.3) is 0 Å². The standard InChI is InChI=1S/C12H16BrNO/c1-15-12-7-9(4-5-11(12)13)10-3-2-6-14-8-10/h4-5,7,10,14H,2-3,6,8H2,1H3. The van der Waals surface area contributed by atoms with Gasteiger partial charge in [0.15, 0.2) is 0 Å². The van der Waals surface area contributed by atoms with Gasteiger partial charge in [-0.3, -0.25) is 0 Å². The molecule has 1 saturated heterocycles. The maximum atomic E-state index is 5.31. The molecule has 0 spiro atoms. The summed E-state index contributed by atoms with van der Waals surface area (Å²) in [5.41, 5.74) is 1.38. The molecule has 2 rings (SSSR count). The summed E-state index contributed by atoms with van der Waals surface area (Å²) in [5, 5.41) is 3.43. The molecule has 0 bridgehead atoms. The van der Waals surface area contributed by atoms with Crippen LogP contribution in [0.1, 0.15) is 24.3 Å². The number of nitrogens with one attached hydrogen (secondary N) is 1. The van der Waals surface area contributed by atoms with Crippen LogP contribution >= 0.6 is 15.9 Å². The van der Waals surface area contributed by atoms with Crippen molar-refractivity contribution >= 4 is 15.9 Å². The van der Waals surface area contributed by atoms with E-state index < -0.39 is 0 Å². The van der Waals surface area contributed by atoms with Crippen molar-refractivity contribution in [2.45, 2.75) is 18.8 Å². The van der Waals surface area contributed by atoms with E-state index in [4.69, 9.17) is 4.74 Å². The van der Waals surface area contributed by atoms with Crippen LogP contribution in [0, 0.1) is 0 Å². The third-order valence-electron chi connectivity index (χ3n) is 2.94. The molecule has 0 radical (unpaired) electrons. The van der Waals surface area contributed by atoms with E-state index in [-0.39, 0.29) is 0 Å². The maximum Gasteiger partial charge on any atom is 0.133 e. The van der Waals surface area contributed by atoms with Gasteiger partial charge in [-0.25, -0.2) is 0 Å². The van der Waals surface area contributed by atoms with E-state index in [0.29, 0.717) is 5.92 Å². The summed E-state index contributed by atoms with van der Waals surface area (Å²) in [6, 6.07) is 6.40. The second kappa shape index (κ2) is 4.99. The highest BCUT2D eigenvalue weighted by atomic mass is 79.9. The van der Waals surface area contributed by atoms with Gasteiger partial charge in [-0.2, -0.15) is 0 Å². The van der Waals surface area contributed by atoms with Crippen molar-refractivity contribution in [2.24, 2.45) is 0 Å². The van der Waals surface area contributed by atoms with Crippen molar-refractivity contribution < 1.29 is 4.74 Å². The minimum atomic E-state index is 0.640. The number of benzene rings is 1. The van der Waals surface area contributed by atoms with Gasteiger partial charge in [-0.05, 0) is 58.9 Å². The van der Waals surface area contributed by atoms with Gasteiger partial charge in [-0.15, -0.1) is 0 Å². The second-order valence-corrected chi connectivity index (χ2v) is 4.79. The van der Waals surface area contributed by atoms with E-state index in [1.54, 1.807) is 7.11 Å². The molecule has 1 aliphatic rings. The minimum absolute atomic E-state index is 0.640. The highest BCUT2D eigenvalue weighted by Crippen LogP contribution is 2.31. The molecule has 1 unspecified atom stereocenters. The number of halogens is 1. The first-order valence-corrected chi connectivity index (χ1v) is 6.14. The number of hydrogen-bond donors (Lipinski definition) is 1. The van der Waals surface area contributed by atoms with Gasteiger partial charge in [0, 0.05) is 6.54 Å². The van der Waals surface area contributed by atoms with Crippen LogP contribution in [0.5, 0.6) is 5.75 Å². The fourth-order valence-corrected chi connectivity index (χ4v) is 2.48. The third-order valence-corrected chi connectivity index (χ3v) is 3.60. The number of methoxy groups -OCH3 is 1. The summed E-state index contributed by atoms with van der Waals surface area (Å²) in [6.07, 6.45) is 2.54. The lowest BCUT2D eigenvalue weighted by Gasteiger charge is -2.23. The molecule has 1 aromatic carbocycles. The second-order valence-electron chi connectivity index (χ2n) is 3.94. The molecule has 82 valence electrons. The first-order chi connectivity index (χ1) is 7.31. The van der Waals surface area contributed by atoms with Gasteiger partial charge in [0.2, 0.25) is 0 Å². The molecule has 1 N–H and O–H groups in total. The highest BCUT2D eigenvalue weighted by Gasteiger charge is 2.16. The molecule has 1 aromatic rings. The minimum Gasteiger partial charge on any atom is -0.496 e. The molecule has 15 heavy (non-hydrogen) atoms. The zero-order valence-electron chi connectivity index (χ0n) is 8.92.